The maximum absolute atomic E-state index is 13.0. The van der Waals surface area contributed by atoms with Crippen LogP contribution in [-0.2, 0) is 9.59 Å². The molecule has 0 saturated carbocycles. The van der Waals surface area contributed by atoms with Crippen LogP contribution in [0.15, 0.2) is 24.3 Å². The predicted molar refractivity (Wildman–Crippen MR) is 97.9 cm³/mol. The van der Waals surface area contributed by atoms with Gasteiger partial charge in [0.2, 0.25) is 5.91 Å². The van der Waals surface area contributed by atoms with Gasteiger partial charge < -0.3 is 20.2 Å². The first-order chi connectivity index (χ1) is 13.4. The monoisotopic (exact) mass is 437 g/mol. The maximum Gasteiger partial charge on any atom is 0.442 e. The lowest BCUT2D eigenvalue weighted by Gasteiger charge is -2.45. The van der Waals surface area contributed by atoms with Crippen LogP contribution in [0.25, 0.3) is 0 Å². The van der Waals surface area contributed by atoms with E-state index in [1.54, 1.807) is 24.3 Å². The highest BCUT2D eigenvalue weighted by atomic mass is 35.5. The van der Waals surface area contributed by atoms with Gasteiger partial charge in [-0.05, 0) is 37.0 Å². The molecule has 0 aliphatic carbocycles. The highest BCUT2D eigenvalue weighted by Crippen LogP contribution is 2.41. The molecule has 1 amide bonds. The molecule has 0 spiro atoms. The lowest BCUT2D eigenvalue weighted by molar-refractivity contribution is -0.354. The molecule has 3 atom stereocenters. The molecule has 1 fully saturated rings. The second-order valence-electron chi connectivity index (χ2n) is 7.27. The van der Waals surface area contributed by atoms with Gasteiger partial charge in [-0.3, -0.25) is 9.59 Å². The van der Waals surface area contributed by atoms with Gasteiger partial charge in [-0.15, -0.1) is 0 Å². The Bertz CT molecular complexity index is 738. The van der Waals surface area contributed by atoms with Crippen molar-refractivity contribution in [3.63, 3.8) is 0 Å². The summed E-state index contributed by atoms with van der Waals surface area (Å²) in [6.07, 6.45) is -6.26. The number of nitrogens with zero attached hydrogens (tertiary/aromatic N) is 1. The largest absolute Gasteiger partial charge is 0.481 e. The normalized spacial score (nSPS) is 21.9. The number of aliphatic hydroxyl groups is 2. The summed E-state index contributed by atoms with van der Waals surface area (Å²) in [4.78, 5) is 25.3. The molecular weight excluding hydrogens is 415 g/mol. The van der Waals surface area contributed by atoms with E-state index in [1.807, 2.05) is 0 Å². The fourth-order valence-electron chi connectivity index (χ4n) is 3.72. The van der Waals surface area contributed by atoms with Crippen LogP contribution in [0, 0.1) is 5.92 Å². The summed E-state index contributed by atoms with van der Waals surface area (Å²) < 4.78 is 39.0. The average molecular weight is 438 g/mol. The summed E-state index contributed by atoms with van der Waals surface area (Å²) in [6, 6.07) is 4.68. The zero-order valence-corrected chi connectivity index (χ0v) is 16.5. The molecule has 0 aromatic heterocycles. The number of amides is 1. The summed E-state index contributed by atoms with van der Waals surface area (Å²) in [5.74, 6) is -6.65. The van der Waals surface area contributed by atoms with Crippen LogP contribution in [0.1, 0.15) is 50.6 Å². The second-order valence-corrected chi connectivity index (χ2v) is 7.70. The minimum Gasteiger partial charge on any atom is -0.481 e. The van der Waals surface area contributed by atoms with E-state index in [1.165, 1.54) is 11.8 Å². The van der Waals surface area contributed by atoms with Gasteiger partial charge >= 0.3 is 12.1 Å². The van der Waals surface area contributed by atoms with Crippen molar-refractivity contribution in [3.8, 4) is 0 Å². The molecule has 3 unspecified atom stereocenters. The molecule has 1 heterocycles. The molecule has 1 aliphatic heterocycles. The lowest BCUT2D eigenvalue weighted by atomic mass is 9.84. The van der Waals surface area contributed by atoms with Crippen molar-refractivity contribution in [2.45, 2.75) is 63.1 Å². The van der Waals surface area contributed by atoms with Gasteiger partial charge in [0, 0.05) is 23.4 Å². The zero-order chi connectivity index (χ0) is 22.0. The Morgan fingerprint density at radius 3 is 2.31 bits per heavy atom. The summed E-state index contributed by atoms with van der Waals surface area (Å²) in [7, 11) is 0. The Labute approximate surface area is 170 Å². The number of hydrogen-bond acceptors (Lipinski definition) is 4. The SMILES string of the molecule is CCC(CC(O)(O)C(F)(F)F)N1C(=O)C(CC(=O)O)CCC1c1ccc(Cl)cc1. The maximum atomic E-state index is 13.0. The van der Waals surface area contributed by atoms with Crippen LogP contribution in [0.2, 0.25) is 5.02 Å². The second kappa shape index (κ2) is 8.89. The molecule has 0 radical (unpaired) electrons. The highest BCUT2D eigenvalue weighted by molar-refractivity contribution is 6.30. The van der Waals surface area contributed by atoms with Crippen LogP contribution in [0.5, 0.6) is 0 Å². The number of carboxylic acids is 1. The van der Waals surface area contributed by atoms with Crippen molar-refractivity contribution in [1.82, 2.24) is 4.90 Å². The predicted octanol–water partition coefficient (Wildman–Crippen LogP) is 3.51. The summed E-state index contributed by atoms with van der Waals surface area (Å²) in [5.41, 5.74) is 0.628. The van der Waals surface area contributed by atoms with Gasteiger partial charge in [0.25, 0.3) is 5.79 Å². The van der Waals surface area contributed by atoms with Crippen molar-refractivity contribution in [1.29, 1.82) is 0 Å². The summed E-state index contributed by atoms with van der Waals surface area (Å²) in [5, 5.41) is 28.6. The summed E-state index contributed by atoms with van der Waals surface area (Å²) in [6.45, 7) is 1.53. The molecule has 0 bridgehead atoms. The van der Waals surface area contributed by atoms with E-state index in [0.29, 0.717) is 17.0 Å². The third kappa shape index (κ3) is 5.40. The molecule has 10 heteroatoms. The number of benzene rings is 1. The number of halogens is 4. The van der Waals surface area contributed by atoms with Crippen molar-refractivity contribution < 1.29 is 38.1 Å². The third-order valence-electron chi connectivity index (χ3n) is 5.24. The Balaban J connectivity index is 2.42. The van der Waals surface area contributed by atoms with Crippen molar-refractivity contribution >= 4 is 23.5 Å². The molecule has 3 N–H and O–H groups in total. The number of hydrogen-bond donors (Lipinski definition) is 3. The minimum atomic E-state index is -5.30. The Morgan fingerprint density at radius 1 is 1.24 bits per heavy atom. The average Bonchev–Trinajstić information content (AvgIpc) is 2.61. The molecule has 1 saturated heterocycles. The number of aliphatic carboxylic acids is 1. The molecule has 29 heavy (non-hydrogen) atoms. The van der Waals surface area contributed by atoms with Gasteiger partial charge in [0.15, 0.2) is 0 Å². The van der Waals surface area contributed by atoms with Crippen LogP contribution < -0.4 is 0 Å². The van der Waals surface area contributed by atoms with Crippen LogP contribution in [0.4, 0.5) is 13.2 Å². The third-order valence-corrected chi connectivity index (χ3v) is 5.49. The van der Waals surface area contributed by atoms with Crippen molar-refractivity contribution in [2.24, 2.45) is 5.92 Å². The Morgan fingerprint density at radius 2 is 1.83 bits per heavy atom. The number of carbonyl (C=O) groups excluding carboxylic acids is 1. The van der Waals surface area contributed by atoms with Gasteiger partial charge in [0.05, 0.1) is 12.5 Å². The van der Waals surface area contributed by atoms with E-state index in [-0.39, 0.29) is 12.8 Å². The van der Waals surface area contributed by atoms with Crippen LogP contribution in [0.3, 0.4) is 0 Å². The van der Waals surface area contributed by atoms with Crippen LogP contribution in [-0.4, -0.2) is 50.1 Å². The topological polar surface area (TPSA) is 98.1 Å². The van der Waals surface area contributed by atoms with Gasteiger partial charge in [-0.1, -0.05) is 30.7 Å². The number of alkyl halides is 3. The lowest BCUT2D eigenvalue weighted by Crippen LogP contribution is -2.55. The van der Waals surface area contributed by atoms with Crippen LogP contribution >= 0.6 is 11.6 Å². The van der Waals surface area contributed by atoms with Gasteiger partial charge in [-0.25, -0.2) is 0 Å². The minimum absolute atomic E-state index is 0.0224. The first-order valence-corrected chi connectivity index (χ1v) is 9.56. The standard InChI is InChI=1S/C19H23ClF3NO5/c1-2-14(10-18(28,29)19(21,22)23)24-15(11-3-6-13(20)7-4-11)8-5-12(17(24)27)9-16(25)26/h3-4,6-7,12,14-15,28-29H,2,5,8-10H2,1H3,(H,25,26). The summed E-state index contributed by atoms with van der Waals surface area (Å²) >= 11 is 5.89. The molecule has 1 aromatic carbocycles. The fraction of sp³-hybridized carbons (Fsp3) is 0.579. The van der Waals surface area contributed by atoms with E-state index >= 15 is 0 Å². The molecular formula is C19H23ClF3NO5. The highest BCUT2D eigenvalue weighted by Gasteiger charge is 2.55. The van der Waals surface area contributed by atoms with E-state index < -0.39 is 54.7 Å². The number of rotatable bonds is 7. The number of likely N-dealkylation sites (tertiary alicyclic amines) is 1. The molecule has 1 aromatic rings. The first kappa shape index (κ1) is 23.4. The van der Waals surface area contributed by atoms with E-state index in [2.05, 4.69) is 0 Å². The van der Waals surface area contributed by atoms with Gasteiger partial charge in [-0.2, -0.15) is 13.2 Å². The van der Waals surface area contributed by atoms with E-state index in [9.17, 15) is 33.0 Å². The van der Waals surface area contributed by atoms with E-state index in [0.717, 1.165) is 0 Å². The number of carboxylic acid groups (broad SMARTS) is 1. The number of piperidine rings is 1. The molecule has 162 valence electrons. The number of carbonyl (C=O) groups is 2. The van der Waals surface area contributed by atoms with E-state index in [4.69, 9.17) is 16.7 Å². The fourth-order valence-corrected chi connectivity index (χ4v) is 3.84. The quantitative estimate of drug-likeness (QED) is 0.567. The zero-order valence-electron chi connectivity index (χ0n) is 15.7. The molecule has 2 rings (SSSR count). The van der Waals surface area contributed by atoms with Gasteiger partial charge in [0.1, 0.15) is 0 Å². The van der Waals surface area contributed by atoms with Crippen molar-refractivity contribution in [2.75, 3.05) is 0 Å². The Kier molecular flexibility index (Phi) is 7.19. The van der Waals surface area contributed by atoms with Crippen molar-refractivity contribution in [3.05, 3.63) is 34.9 Å². The smallest absolute Gasteiger partial charge is 0.442 e. The Hall–Kier alpha value is -1.84. The first-order valence-electron chi connectivity index (χ1n) is 9.18. The molecule has 6 nitrogen and oxygen atoms in total. The molecule has 1 aliphatic rings.